The Morgan fingerprint density at radius 3 is 2.61 bits per heavy atom. The fourth-order valence-electron chi connectivity index (χ4n) is 2.33. The molecule has 18 heavy (non-hydrogen) atoms. The maximum atomic E-state index is 12.3. The van der Waals surface area contributed by atoms with Gasteiger partial charge in [0.05, 0.1) is 17.6 Å². The fraction of sp³-hybridized carbons (Fsp3) is 0.429. The van der Waals surface area contributed by atoms with Crippen LogP contribution in [0.25, 0.3) is 0 Å². The van der Waals surface area contributed by atoms with Gasteiger partial charge in [0.1, 0.15) is 0 Å². The minimum absolute atomic E-state index is 0.0469. The number of hydrogen-bond acceptors (Lipinski definition) is 3. The van der Waals surface area contributed by atoms with Crippen molar-refractivity contribution in [2.24, 2.45) is 5.92 Å². The second-order valence-electron chi connectivity index (χ2n) is 4.69. The highest BCUT2D eigenvalue weighted by Crippen LogP contribution is 2.21. The molecule has 1 aromatic rings. The minimum atomic E-state index is 0.0469. The number of carbonyl (C=O) groups is 1. The van der Waals surface area contributed by atoms with Crippen molar-refractivity contribution in [3.05, 3.63) is 29.8 Å². The van der Waals surface area contributed by atoms with Crippen LogP contribution in [0.2, 0.25) is 0 Å². The van der Waals surface area contributed by atoms with Crippen LogP contribution in [0.4, 0.5) is 5.69 Å². The van der Waals surface area contributed by atoms with Crippen molar-refractivity contribution >= 4 is 11.6 Å². The summed E-state index contributed by atoms with van der Waals surface area (Å²) in [6.45, 7) is 2.95. The Hall–Kier alpha value is -1.86. The predicted molar refractivity (Wildman–Crippen MR) is 70.1 cm³/mol. The first-order valence-electron chi connectivity index (χ1n) is 6.14. The second-order valence-corrected chi connectivity index (χ2v) is 4.69. The standard InChI is InChI=1S/C14H17N3O/c1-10-13(7-8-16-10)14(18)17(2)12-5-3-11(9-15)4-6-12/h3-6,10,13,16H,7-8H2,1-2H3. The molecule has 1 heterocycles. The van der Waals surface area contributed by atoms with E-state index in [1.165, 1.54) is 0 Å². The summed E-state index contributed by atoms with van der Waals surface area (Å²) in [6.07, 6.45) is 0.890. The molecular formula is C14H17N3O. The molecule has 0 aromatic heterocycles. The number of nitrogens with zero attached hydrogens (tertiary/aromatic N) is 2. The lowest BCUT2D eigenvalue weighted by Gasteiger charge is -2.23. The lowest BCUT2D eigenvalue weighted by atomic mass is 10.0. The molecular weight excluding hydrogens is 226 g/mol. The number of rotatable bonds is 2. The summed E-state index contributed by atoms with van der Waals surface area (Å²) < 4.78 is 0. The average molecular weight is 243 g/mol. The van der Waals surface area contributed by atoms with Crippen molar-refractivity contribution in [1.82, 2.24) is 5.32 Å². The van der Waals surface area contributed by atoms with Gasteiger partial charge in [-0.15, -0.1) is 0 Å². The number of carbonyl (C=O) groups excluding carboxylic acids is 1. The third-order valence-electron chi connectivity index (χ3n) is 3.56. The van der Waals surface area contributed by atoms with E-state index in [-0.39, 0.29) is 17.9 Å². The summed E-state index contributed by atoms with van der Waals surface area (Å²) in [5.74, 6) is 0.183. The van der Waals surface area contributed by atoms with Crippen LogP contribution >= 0.6 is 0 Å². The molecule has 1 amide bonds. The molecule has 1 N–H and O–H groups in total. The molecule has 0 saturated carbocycles. The molecule has 2 atom stereocenters. The zero-order valence-electron chi connectivity index (χ0n) is 10.7. The van der Waals surface area contributed by atoms with E-state index in [0.717, 1.165) is 18.7 Å². The van der Waals surface area contributed by atoms with Gasteiger partial charge in [0.2, 0.25) is 5.91 Å². The summed E-state index contributed by atoms with van der Waals surface area (Å²) >= 11 is 0. The van der Waals surface area contributed by atoms with Crippen LogP contribution in [0.15, 0.2) is 24.3 Å². The molecule has 0 spiro atoms. The largest absolute Gasteiger partial charge is 0.315 e. The summed E-state index contributed by atoms with van der Waals surface area (Å²) in [7, 11) is 1.79. The molecule has 2 rings (SSSR count). The van der Waals surface area contributed by atoms with Gasteiger partial charge in [0.15, 0.2) is 0 Å². The zero-order chi connectivity index (χ0) is 13.1. The zero-order valence-corrected chi connectivity index (χ0v) is 10.7. The van der Waals surface area contributed by atoms with E-state index in [1.807, 2.05) is 19.1 Å². The van der Waals surface area contributed by atoms with E-state index in [9.17, 15) is 4.79 Å². The Bertz CT molecular complexity index is 475. The van der Waals surface area contributed by atoms with Gasteiger partial charge in [-0.2, -0.15) is 5.26 Å². The fourth-order valence-corrected chi connectivity index (χ4v) is 2.33. The molecule has 1 aliphatic rings. The molecule has 1 saturated heterocycles. The smallest absolute Gasteiger partial charge is 0.231 e. The third-order valence-corrected chi connectivity index (χ3v) is 3.56. The van der Waals surface area contributed by atoms with E-state index in [4.69, 9.17) is 5.26 Å². The van der Waals surface area contributed by atoms with Crippen molar-refractivity contribution < 1.29 is 4.79 Å². The van der Waals surface area contributed by atoms with Gasteiger partial charge in [0.25, 0.3) is 0 Å². The van der Waals surface area contributed by atoms with Gasteiger partial charge in [-0.25, -0.2) is 0 Å². The van der Waals surface area contributed by atoms with Crippen LogP contribution in [-0.4, -0.2) is 25.5 Å². The second kappa shape index (κ2) is 5.19. The van der Waals surface area contributed by atoms with Crippen molar-refractivity contribution in [3.8, 4) is 6.07 Å². The SMILES string of the molecule is CC1NCCC1C(=O)N(C)c1ccc(C#N)cc1. The summed E-state index contributed by atoms with van der Waals surface area (Å²) in [4.78, 5) is 14.0. The molecule has 4 heteroatoms. The Morgan fingerprint density at radius 2 is 2.11 bits per heavy atom. The maximum Gasteiger partial charge on any atom is 0.231 e. The molecule has 0 aliphatic carbocycles. The van der Waals surface area contributed by atoms with Crippen molar-refractivity contribution in [1.29, 1.82) is 5.26 Å². The number of hydrogen-bond donors (Lipinski definition) is 1. The minimum Gasteiger partial charge on any atom is -0.315 e. The molecule has 94 valence electrons. The topological polar surface area (TPSA) is 56.1 Å². The molecule has 4 nitrogen and oxygen atoms in total. The molecule has 0 radical (unpaired) electrons. The predicted octanol–water partition coefficient (Wildman–Crippen LogP) is 1.52. The number of anilines is 1. The number of nitriles is 1. The van der Waals surface area contributed by atoms with Crippen molar-refractivity contribution in [3.63, 3.8) is 0 Å². The summed E-state index contributed by atoms with van der Waals surface area (Å²) in [5.41, 5.74) is 1.44. The van der Waals surface area contributed by atoms with Crippen LogP contribution in [0.1, 0.15) is 18.9 Å². The number of benzene rings is 1. The van der Waals surface area contributed by atoms with Crippen molar-refractivity contribution in [2.45, 2.75) is 19.4 Å². The highest BCUT2D eigenvalue weighted by atomic mass is 16.2. The van der Waals surface area contributed by atoms with Gasteiger partial charge in [0, 0.05) is 18.8 Å². The van der Waals surface area contributed by atoms with Crippen LogP contribution < -0.4 is 10.2 Å². The van der Waals surface area contributed by atoms with Gasteiger partial charge in [-0.05, 0) is 44.2 Å². The van der Waals surface area contributed by atoms with E-state index in [0.29, 0.717) is 5.56 Å². The summed E-state index contributed by atoms with van der Waals surface area (Å²) in [5, 5.41) is 12.0. The van der Waals surface area contributed by atoms with Crippen LogP contribution in [0.3, 0.4) is 0 Å². The van der Waals surface area contributed by atoms with Crippen molar-refractivity contribution in [2.75, 3.05) is 18.5 Å². The highest BCUT2D eigenvalue weighted by molar-refractivity contribution is 5.95. The first-order chi connectivity index (χ1) is 8.63. The molecule has 1 fully saturated rings. The monoisotopic (exact) mass is 243 g/mol. The molecule has 2 unspecified atom stereocenters. The van der Waals surface area contributed by atoms with E-state index in [2.05, 4.69) is 11.4 Å². The van der Waals surface area contributed by atoms with Crippen LogP contribution in [0.5, 0.6) is 0 Å². The first-order valence-corrected chi connectivity index (χ1v) is 6.14. The first kappa shape index (κ1) is 12.6. The van der Waals surface area contributed by atoms with Gasteiger partial charge >= 0.3 is 0 Å². The van der Waals surface area contributed by atoms with E-state index >= 15 is 0 Å². The molecule has 1 aliphatic heterocycles. The van der Waals surface area contributed by atoms with Crippen LogP contribution in [0, 0.1) is 17.2 Å². The lowest BCUT2D eigenvalue weighted by Crippen LogP contribution is -2.38. The van der Waals surface area contributed by atoms with Gasteiger partial charge in [-0.3, -0.25) is 4.79 Å². The molecule has 0 bridgehead atoms. The van der Waals surface area contributed by atoms with Crippen LogP contribution in [-0.2, 0) is 4.79 Å². The maximum absolute atomic E-state index is 12.3. The lowest BCUT2D eigenvalue weighted by molar-refractivity contribution is -0.122. The molecule has 1 aromatic carbocycles. The number of nitrogens with one attached hydrogen (secondary N) is 1. The normalized spacial score (nSPS) is 22.5. The average Bonchev–Trinajstić information content (AvgIpc) is 2.83. The highest BCUT2D eigenvalue weighted by Gasteiger charge is 2.31. The Balaban J connectivity index is 2.12. The Kier molecular flexibility index (Phi) is 3.63. The number of amides is 1. The van der Waals surface area contributed by atoms with Gasteiger partial charge < -0.3 is 10.2 Å². The third kappa shape index (κ3) is 2.36. The van der Waals surface area contributed by atoms with Gasteiger partial charge in [-0.1, -0.05) is 0 Å². The quantitative estimate of drug-likeness (QED) is 0.856. The van der Waals surface area contributed by atoms with E-state index in [1.54, 1.807) is 24.1 Å². The summed E-state index contributed by atoms with van der Waals surface area (Å²) in [6, 6.07) is 9.39. The Labute approximate surface area is 107 Å². The van der Waals surface area contributed by atoms with E-state index < -0.39 is 0 Å². The Morgan fingerprint density at radius 1 is 1.44 bits per heavy atom.